The Morgan fingerprint density at radius 2 is 2.00 bits per heavy atom. The zero-order valence-electron chi connectivity index (χ0n) is 12.0. The van der Waals surface area contributed by atoms with E-state index < -0.39 is 9.05 Å². The van der Waals surface area contributed by atoms with E-state index in [-0.39, 0.29) is 11.3 Å². The molecule has 4 nitrogen and oxygen atoms in total. The summed E-state index contributed by atoms with van der Waals surface area (Å²) in [6, 6.07) is 5.60. The van der Waals surface area contributed by atoms with E-state index in [4.69, 9.17) is 15.4 Å². The third-order valence-electron chi connectivity index (χ3n) is 3.63. The van der Waals surface area contributed by atoms with Crippen molar-refractivity contribution < 1.29 is 13.2 Å². The number of anilines is 1. The van der Waals surface area contributed by atoms with Gasteiger partial charge < -0.3 is 9.64 Å². The Hall–Kier alpha value is -1.20. The van der Waals surface area contributed by atoms with Crippen LogP contribution in [0.3, 0.4) is 0 Å². The van der Waals surface area contributed by atoms with Gasteiger partial charge in [-0.3, -0.25) is 0 Å². The molecular weight excluding hydrogens is 298 g/mol. The maximum atomic E-state index is 11.4. The number of halogens is 1. The molecule has 0 saturated carbocycles. The first-order valence-electron chi connectivity index (χ1n) is 6.20. The molecule has 20 heavy (non-hydrogen) atoms. The highest BCUT2D eigenvalue weighted by Gasteiger charge is 2.31. The summed E-state index contributed by atoms with van der Waals surface area (Å²) in [7, 11) is 5.40. The van der Waals surface area contributed by atoms with Crippen LogP contribution in [0.15, 0.2) is 24.3 Å². The van der Waals surface area contributed by atoms with E-state index in [1.807, 2.05) is 45.2 Å². The van der Waals surface area contributed by atoms with Gasteiger partial charge >= 0.3 is 0 Å². The fourth-order valence-electron chi connectivity index (χ4n) is 2.40. The van der Waals surface area contributed by atoms with E-state index >= 15 is 0 Å². The molecular formula is C14H18ClNO3S. The summed E-state index contributed by atoms with van der Waals surface area (Å²) in [4.78, 5) is 2.09. The Bertz CT molecular complexity index is 665. The van der Waals surface area contributed by atoms with Crippen molar-refractivity contribution in [2.45, 2.75) is 19.4 Å². The van der Waals surface area contributed by atoms with Crippen molar-refractivity contribution in [3.05, 3.63) is 29.8 Å². The molecule has 0 saturated heterocycles. The average Bonchev–Trinajstić information content (AvgIpc) is 2.33. The number of hydrogen-bond donors (Lipinski definition) is 0. The van der Waals surface area contributed by atoms with Crippen LogP contribution in [0.25, 0.3) is 5.57 Å². The zero-order valence-corrected chi connectivity index (χ0v) is 13.5. The minimum Gasteiger partial charge on any atom is -0.497 e. The van der Waals surface area contributed by atoms with E-state index in [9.17, 15) is 8.42 Å². The van der Waals surface area contributed by atoms with Crippen molar-refractivity contribution in [3.8, 4) is 5.75 Å². The summed E-state index contributed by atoms with van der Waals surface area (Å²) in [6.07, 6.45) is 1.95. The highest BCUT2D eigenvalue weighted by Crippen LogP contribution is 2.40. The van der Waals surface area contributed by atoms with Crippen LogP contribution in [0, 0.1) is 0 Å². The summed E-state index contributed by atoms with van der Waals surface area (Å²) < 4.78 is 28.1. The van der Waals surface area contributed by atoms with Crippen LogP contribution in [0.2, 0.25) is 0 Å². The second kappa shape index (κ2) is 4.97. The van der Waals surface area contributed by atoms with E-state index in [2.05, 4.69) is 4.90 Å². The van der Waals surface area contributed by atoms with Crippen molar-refractivity contribution in [2.75, 3.05) is 24.8 Å². The van der Waals surface area contributed by atoms with E-state index in [1.54, 1.807) is 7.11 Å². The highest BCUT2D eigenvalue weighted by atomic mass is 35.7. The number of benzene rings is 1. The third kappa shape index (κ3) is 2.94. The molecule has 110 valence electrons. The Morgan fingerprint density at radius 1 is 1.35 bits per heavy atom. The van der Waals surface area contributed by atoms with Crippen molar-refractivity contribution in [1.82, 2.24) is 0 Å². The lowest BCUT2D eigenvalue weighted by Gasteiger charge is -2.41. The number of hydrogen-bond acceptors (Lipinski definition) is 4. The minimum atomic E-state index is -3.60. The molecule has 0 atom stereocenters. The molecule has 0 unspecified atom stereocenters. The van der Waals surface area contributed by atoms with Gasteiger partial charge in [-0.1, -0.05) is 6.08 Å². The standard InChI is InChI=1S/C14H18ClNO3S/c1-14(2)8-10(9-20(15,17)18)12-6-5-11(19-4)7-13(12)16(14)3/h5-8H,9H2,1-4H3. The maximum Gasteiger partial charge on any atom is 0.236 e. The molecule has 1 aliphatic rings. The summed E-state index contributed by atoms with van der Waals surface area (Å²) in [6.45, 7) is 4.05. The van der Waals surface area contributed by atoms with Crippen LogP contribution >= 0.6 is 10.7 Å². The van der Waals surface area contributed by atoms with Crippen LogP contribution in [0.1, 0.15) is 19.4 Å². The van der Waals surface area contributed by atoms with Crippen molar-refractivity contribution in [3.63, 3.8) is 0 Å². The second-order valence-corrected chi connectivity index (χ2v) is 8.23. The molecule has 0 amide bonds. The van der Waals surface area contributed by atoms with Crippen LogP contribution < -0.4 is 9.64 Å². The monoisotopic (exact) mass is 315 g/mol. The Morgan fingerprint density at radius 3 is 2.55 bits per heavy atom. The largest absolute Gasteiger partial charge is 0.497 e. The van der Waals surface area contributed by atoms with Crippen LogP contribution in [-0.4, -0.2) is 33.9 Å². The fraction of sp³-hybridized carbons (Fsp3) is 0.429. The number of ether oxygens (including phenoxy) is 1. The van der Waals surface area contributed by atoms with Gasteiger partial charge in [0.2, 0.25) is 9.05 Å². The van der Waals surface area contributed by atoms with Crippen LogP contribution in [-0.2, 0) is 9.05 Å². The van der Waals surface area contributed by atoms with Gasteiger partial charge in [0, 0.05) is 35.0 Å². The van der Waals surface area contributed by atoms with E-state index in [0.29, 0.717) is 0 Å². The van der Waals surface area contributed by atoms with Gasteiger partial charge in [-0.25, -0.2) is 8.42 Å². The van der Waals surface area contributed by atoms with Gasteiger partial charge in [0.1, 0.15) is 5.75 Å². The average molecular weight is 316 g/mol. The maximum absolute atomic E-state index is 11.4. The topological polar surface area (TPSA) is 46.6 Å². The molecule has 2 rings (SSSR count). The van der Waals surface area contributed by atoms with Gasteiger partial charge in [-0.05, 0) is 31.6 Å². The molecule has 1 heterocycles. The number of rotatable bonds is 3. The number of methoxy groups -OCH3 is 1. The quantitative estimate of drug-likeness (QED) is 0.805. The Kier molecular flexibility index (Phi) is 3.77. The molecule has 1 aromatic carbocycles. The molecule has 0 bridgehead atoms. The van der Waals surface area contributed by atoms with E-state index in [0.717, 1.165) is 22.6 Å². The molecule has 0 aliphatic carbocycles. The second-order valence-electron chi connectivity index (χ2n) is 5.45. The first kappa shape index (κ1) is 15.2. The summed E-state index contributed by atoms with van der Waals surface area (Å²) in [5, 5.41) is 0. The Labute approximate surface area is 124 Å². The highest BCUT2D eigenvalue weighted by molar-refractivity contribution is 8.14. The molecule has 0 fully saturated rings. The summed E-state index contributed by atoms with van der Waals surface area (Å²) in [5.74, 6) is 0.562. The van der Waals surface area contributed by atoms with Gasteiger partial charge in [0.05, 0.1) is 18.4 Å². The Balaban J connectivity index is 2.60. The van der Waals surface area contributed by atoms with Crippen molar-refractivity contribution in [2.24, 2.45) is 0 Å². The SMILES string of the molecule is COc1ccc2c(c1)N(C)C(C)(C)C=C2CS(=O)(=O)Cl. The van der Waals surface area contributed by atoms with Gasteiger partial charge in [-0.15, -0.1) is 0 Å². The third-order valence-corrected chi connectivity index (χ3v) is 4.62. The lowest BCUT2D eigenvalue weighted by molar-refractivity contribution is 0.414. The minimum absolute atomic E-state index is 0.175. The van der Waals surface area contributed by atoms with Crippen LogP contribution in [0.4, 0.5) is 5.69 Å². The van der Waals surface area contributed by atoms with Gasteiger partial charge in [-0.2, -0.15) is 0 Å². The molecule has 0 radical (unpaired) electrons. The van der Waals surface area contributed by atoms with Gasteiger partial charge in [0.25, 0.3) is 0 Å². The number of likely N-dealkylation sites (N-methyl/N-ethyl adjacent to an activating group) is 1. The fourth-order valence-corrected chi connectivity index (χ4v) is 3.37. The lowest BCUT2D eigenvalue weighted by Crippen LogP contribution is -2.42. The van der Waals surface area contributed by atoms with Crippen molar-refractivity contribution >= 4 is 31.0 Å². The predicted octanol–water partition coefficient (Wildman–Crippen LogP) is 2.88. The molecule has 1 aliphatic heterocycles. The molecule has 0 aromatic heterocycles. The number of nitrogens with zero attached hydrogens (tertiary/aromatic N) is 1. The normalized spacial score (nSPS) is 17.4. The van der Waals surface area contributed by atoms with E-state index in [1.165, 1.54) is 0 Å². The zero-order chi connectivity index (χ0) is 15.1. The summed E-state index contributed by atoms with van der Waals surface area (Å²) >= 11 is 0. The smallest absolute Gasteiger partial charge is 0.236 e. The molecule has 6 heteroatoms. The molecule has 0 N–H and O–H groups in total. The number of fused-ring (bicyclic) bond motifs is 1. The lowest BCUT2D eigenvalue weighted by atomic mass is 9.89. The first-order chi connectivity index (χ1) is 9.14. The first-order valence-corrected chi connectivity index (χ1v) is 8.68. The summed E-state index contributed by atoms with van der Waals surface area (Å²) in [5.41, 5.74) is 2.24. The van der Waals surface area contributed by atoms with Gasteiger partial charge in [0.15, 0.2) is 0 Å². The molecule has 1 aromatic rings. The van der Waals surface area contributed by atoms with Crippen LogP contribution in [0.5, 0.6) is 5.75 Å². The molecule has 0 spiro atoms. The predicted molar refractivity (Wildman–Crippen MR) is 83.1 cm³/mol. The van der Waals surface area contributed by atoms with Crippen molar-refractivity contribution in [1.29, 1.82) is 0 Å².